The lowest BCUT2D eigenvalue weighted by Gasteiger charge is -2.07. The van der Waals surface area contributed by atoms with Gasteiger partial charge in [-0.2, -0.15) is 0 Å². The molecule has 0 aliphatic heterocycles. The molecule has 0 unspecified atom stereocenters. The molecule has 0 saturated heterocycles. The molecule has 158 valence electrons. The molecule has 0 bridgehead atoms. The van der Waals surface area contributed by atoms with Crippen molar-refractivity contribution in [2.24, 2.45) is 0 Å². The van der Waals surface area contributed by atoms with Crippen LogP contribution in [0.25, 0.3) is 27.9 Å². The number of nitrogens with zero attached hydrogens (tertiary/aromatic N) is 2. The Kier molecular flexibility index (Phi) is 5.55. The van der Waals surface area contributed by atoms with Gasteiger partial charge in [-0.1, -0.05) is 53.7 Å². The van der Waals surface area contributed by atoms with Gasteiger partial charge in [-0.25, -0.2) is 14.2 Å². The zero-order valence-corrected chi connectivity index (χ0v) is 18.2. The third kappa shape index (κ3) is 4.20. The maximum absolute atomic E-state index is 13.2. The van der Waals surface area contributed by atoms with Gasteiger partial charge < -0.3 is 4.42 Å². The van der Waals surface area contributed by atoms with Crippen molar-refractivity contribution in [3.8, 4) is 16.9 Å². The predicted molar refractivity (Wildman–Crippen MR) is 126 cm³/mol. The smallest absolute Gasteiger partial charge is 0.345 e. The van der Waals surface area contributed by atoms with Gasteiger partial charge in [0.15, 0.2) is 5.16 Å². The number of imidazole rings is 1. The monoisotopic (exact) mass is 462 g/mol. The van der Waals surface area contributed by atoms with Gasteiger partial charge in [0.05, 0.1) is 11.3 Å². The average Bonchev–Trinajstić information content (AvgIpc) is 3.22. The largest absolute Gasteiger partial charge is 0.422 e. The molecule has 0 atom stereocenters. The highest BCUT2D eigenvalue weighted by molar-refractivity contribution is 7.98. The van der Waals surface area contributed by atoms with E-state index in [2.05, 4.69) is 0 Å². The summed E-state index contributed by atoms with van der Waals surface area (Å²) in [5.74, 6) is 0.322. The first-order chi connectivity index (χ1) is 15.6. The van der Waals surface area contributed by atoms with E-state index in [0.717, 1.165) is 16.6 Å². The minimum atomic E-state index is -0.445. The summed E-state index contributed by atoms with van der Waals surface area (Å²) in [6.45, 7) is 0. The zero-order chi connectivity index (χ0) is 22.1. The Morgan fingerprint density at radius 3 is 2.53 bits per heavy atom. The lowest BCUT2D eigenvalue weighted by atomic mass is 10.1. The van der Waals surface area contributed by atoms with E-state index in [1.807, 2.05) is 41.1 Å². The molecule has 4 nitrogen and oxygen atoms in total. The standard InChI is InChI=1S/C25H16ClFN2O2S/c26-18-7-11-20(12-8-18)29-14-22(21-13-17-3-1-2-4-23(17)31-24(21)30)28-25(29)32-15-16-5-9-19(27)10-6-16/h1-14H,15H2. The first kappa shape index (κ1) is 20.5. The summed E-state index contributed by atoms with van der Waals surface area (Å²) in [6.07, 6.45) is 1.82. The molecule has 0 N–H and O–H groups in total. The van der Waals surface area contributed by atoms with E-state index in [1.165, 1.54) is 23.9 Å². The quantitative estimate of drug-likeness (QED) is 0.214. The normalized spacial score (nSPS) is 11.2. The molecule has 2 aromatic heterocycles. The Labute approximate surface area is 192 Å². The molecule has 0 amide bonds. The van der Waals surface area contributed by atoms with Crippen LogP contribution < -0.4 is 5.63 Å². The maximum atomic E-state index is 13.2. The summed E-state index contributed by atoms with van der Waals surface area (Å²) in [7, 11) is 0. The predicted octanol–water partition coefficient (Wildman–Crippen LogP) is 6.73. The fourth-order valence-electron chi connectivity index (χ4n) is 3.35. The van der Waals surface area contributed by atoms with Crippen LogP contribution in [-0.4, -0.2) is 9.55 Å². The molecule has 0 spiro atoms. The second-order valence-electron chi connectivity index (χ2n) is 7.16. The Bertz CT molecular complexity index is 1460. The van der Waals surface area contributed by atoms with E-state index in [-0.39, 0.29) is 5.82 Å². The molecule has 0 saturated carbocycles. The molecule has 5 rings (SSSR count). The number of aromatic nitrogens is 2. The Balaban J connectivity index is 1.57. The lowest BCUT2D eigenvalue weighted by molar-refractivity contribution is 0.563. The van der Waals surface area contributed by atoms with Crippen LogP contribution in [0.1, 0.15) is 5.56 Å². The summed E-state index contributed by atoms with van der Waals surface area (Å²) in [6, 6.07) is 22.9. The van der Waals surface area contributed by atoms with E-state index < -0.39 is 5.63 Å². The van der Waals surface area contributed by atoms with Crippen LogP contribution in [0, 0.1) is 5.82 Å². The van der Waals surface area contributed by atoms with Crippen molar-refractivity contribution in [1.29, 1.82) is 0 Å². The van der Waals surface area contributed by atoms with E-state index in [9.17, 15) is 9.18 Å². The second-order valence-corrected chi connectivity index (χ2v) is 8.53. The topological polar surface area (TPSA) is 48.0 Å². The SMILES string of the molecule is O=c1oc2ccccc2cc1-c1cn(-c2ccc(Cl)cc2)c(SCc2ccc(F)cc2)n1. The van der Waals surface area contributed by atoms with E-state index in [4.69, 9.17) is 21.0 Å². The highest BCUT2D eigenvalue weighted by Gasteiger charge is 2.16. The lowest BCUT2D eigenvalue weighted by Crippen LogP contribution is -2.02. The molecule has 5 aromatic rings. The van der Waals surface area contributed by atoms with Crippen LogP contribution in [0.2, 0.25) is 5.02 Å². The number of hydrogen-bond donors (Lipinski definition) is 0. The average molecular weight is 463 g/mol. The molecule has 0 aliphatic rings. The third-order valence-electron chi connectivity index (χ3n) is 4.98. The van der Waals surface area contributed by atoms with Gasteiger partial charge in [0.1, 0.15) is 11.4 Å². The minimum absolute atomic E-state index is 0.272. The van der Waals surface area contributed by atoms with Crippen molar-refractivity contribution in [2.45, 2.75) is 10.9 Å². The van der Waals surface area contributed by atoms with Gasteiger partial charge >= 0.3 is 5.63 Å². The van der Waals surface area contributed by atoms with Gasteiger partial charge in [-0.3, -0.25) is 4.57 Å². The molecule has 3 aromatic carbocycles. The van der Waals surface area contributed by atoms with Crippen molar-refractivity contribution >= 4 is 34.3 Å². The fourth-order valence-corrected chi connectivity index (χ4v) is 4.42. The van der Waals surface area contributed by atoms with Crippen molar-refractivity contribution in [1.82, 2.24) is 9.55 Å². The van der Waals surface area contributed by atoms with E-state index >= 15 is 0 Å². The number of benzene rings is 3. The second kappa shape index (κ2) is 8.65. The van der Waals surface area contributed by atoms with Gasteiger partial charge in [-0.15, -0.1) is 0 Å². The maximum Gasteiger partial charge on any atom is 0.345 e. The van der Waals surface area contributed by atoms with Crippen LogP contribution in [0.5, 0.6) is 0 Å². The number of rotatable bonds is 5. The van der Waals surface area contributed by atoms with Crippen molar-refractivity contribution in [3.05, 3.63) is 112 Å². The Morgan fingerprint density at radius 1 is 1.00 bits per heavy atom. The molecule has 0 fully saturated rings. The Morgan fingerprint density at radius 2 is 1.75 bits per heavy atom. The van der Waals surface area contributed by atoms with Gasteiger partial charge in [0.25, 0.3) is 0 Å². The van der Waals surface area contributed by atoms with E-state index in [1.54, 1.807) is 36.4 Å². The summed E-state index contributed by atoms with van der Waals surface area (Å²) < 4.78 is 20.6. The number of para-hydroxylation sites is 1. The summed E-state index contributed by atoms with van der Waals surface area (Å²) in [5, 5.41) is 2.15. The number of thioether (sulfide) groups is 1. The van der Waals surface area contributed by atoms with Crippen LogP contribution in [-0.2, 0) is 5.75 Å². The first-order valence-electron chi connectivity index (χ1n) is 9.83. The zero-order valence-electron chi connectivity index (χ0n) is 16.7. The highest BCUT2D eigenvalue weighted by atomic mass is 35.5. The van der Waals surface area contributed by atoms with Crippen molar-refractivity contribution < 1.29 is 8.81 Å². The van der Waals surface area contributed by atoms with Gasteiger partial charge in [0.2, 0.25) is 0 Å². The first-order valence-corrected chi connectivity index (χ1v) is 11.2. The van der Waals surface area contributed by atoms with Crippen LogP contribution in [0.4, 0.5) is 4.39 Å². The Hall–Kier alpha value is -3.35. The molecule has 2 heterocycles. The summed E-state index contributed by atoms with van der Waals surface area (Å²) >= 11 is 7.55. The highest BCUT2D eigenvalue weighted by Crippen LogP contribution is 2.30. The molecular formula is C25H16ClFN2O2S. The van der Waals surface area contributed by atoms with Gasteiger partial charge in [0, 0.05) is 28.0 Å². The molecule has 7 heteroatoms. The minimum Gasteiger partial charge on any atom is -0.422 e. The fraction of sp³-hybridized carbons (Fsp3) is 0.0400. The molecule has 0 radical (unpaired) electrons. The number of fused-ring (bicyclic) bond motifs is 1. The van der Waals surface area contributed by atoms with Crippen LogP contribution in [0.15, 0.2) is 99.4 Å². The van der Waals surface area contributed by atoms with Gasteiger partial charge in [-0.05, 0) is 54.1 Å². The number of halogens is 2. The summed E-state index contributed by atoms with van der Waals surface area (Å²) in [4.78, 5) is 17.4. The van der Waals surface area contributed by atoms with Crippen LogP contribution >= 0.6 is 23.4 Å². The van der Waals surface area contributed by atoms with E-state index in [0.29, 0.717) is 32.8 Å². The molecular weight excluding hydrogens is 447 g/mol. The van der Waals surface area contributed by atoms with Crippen LogP contribution in [0.3, 0.4) is 0 Å². The molecule has 32 heavy (non-hydrogen) atoms. The van der Waals surface area contributed by atoms with Crippen molar-refractivity contribution in [2.75, 3.05) is 0 Å². The number of hydrogen-bond acceptors (Lipinski definition) is 4. The summed E-state index contributed by atoms with van der Waals surface area (Å²) in [5.41, 5.74) is 2.82. The van der Waals surface area contributed by atoms with Crippen molar-refractivity contribution in [3.63, 3.8) is 0 Å². The third-order valence-corrected chi connectivity index (χ3v) is 6.25. The molecule has 0 aliphatic carbocycles.